The summed E-state index contributed by atoms with van der Waals surface area (Å²) in [7, 11) is 0. The molecule has 1 aromatic heterocycles. The summed E-state index contributed by atoms with van der Waals surface area (Å²) in [5.41, 5.74) is 0.164. The van der Waals surface area contributed by atoms with E-state index in [-0.39, 0.29) is 5.56 Å². The van der Waals surface area contributed by atoms with Crippen LogP contribution in [0.25, 0.3) is 0 Å². The van der Waals surface area contributed by atoms with Crippen LogP contribution in [0, 0.1) is 0 Å². The Balaban J connectivity index is 1.90. The third kappa shape index (κ3) is 3.82. The summed E-state index contributed by atoms with van der Waals surface area (Å²) in [6, 6.07) is 4.95. The van der Waals surface area contributed by atoms with Crippen LogP contribution in [0.3, 0.4) is 0 Å². The standard InChI is InChI=1S/C13H13BrN2O3/c14-10-2-3-12(11(8-10)13(17)18)19-7-1-5-16-6-4-15-9-16/h2-4,6,8-9H,1,5,7H2,(H,17,18). The van der Waals surface area contributed by atoms with Gasteiger partial charge in [0, 0.05) is 23.4 Å². The number of ether oxygens (including phenoxy) is 1. The van der Waals surface area contributed by atoms with Crippen LogP contribution in [0.4, 0.5) is 0 Å². The molecule has 2 aromatic rings. The monoisotopic (exact) mass is 324 g/mol. The number of hydrogen-bond acceptors (Lipinski definition) is 3. The van der Waals surface area contributed by atoms with Gasteiger partial charge in [0.25, 0.3) is 0 Å². The molecule has 0 saturated heterocycles. The van der Waals surface area contributed by atoms with Gasteiger partial charge in [-0.15, -0.1) is 0 Å². The Bertz CT molecular complexity index is 555. The Labute approximate surface area is 119 Å². The average molecular weight is 325 g/mol. The lowest BCUT2D eigenvalue weighted by molar-refractivity contribution is 0.0692. The van der Waals surface area contributed by atoms with Gasteiger partial charge in [0.2, 0.25) is 0 Å². The summed E-state index contributed by atoms with van der Waals surface area (Å²) in [4.78, 5) is 15.0. The Hall–Kier alpha value is -1.82. The van der Waals surface area contributed by atoms with Gasteiger partial charge in [-0.2, -0.15) is 0 Å². The van der Waals surface area contributed by atoms with Crippen LogP contribution in [0.2, 0.25) is 0 Å². The maximum absolute atomic E-state index is 11.1. The lowest BCUT2D eigenvalue weighted by Crippen LogP contribution is -2.06. The van der Waals surface area contributed by atoms with Gasteiger partial charge in [-0.05, 0) is 24.6 Å². The highest BCUT2D eigenvalue weighted by molar-refractivity contribution is 9.10. The molecule has 0 unspecified atom stereocenters. The number of imidazole rings is 1. The summed E-state index contributed by atoms with van der Waals surface area (Å²) in [6.45, 7) is 1.25. The number of aromatic carboxylic acids is 1. The van der Waals surface area contributed by atoms with Gasteiger partial charge in [0.05, 0.1) is 12.9 Å². The summed E-state index contributed by atoms with van der Waals surface area (Å²) in [5, 5.41) is 9.08. The quantitative estimate of drug-likeness (QED) is 0.830. The molecule has 1 aromatic carbocycles. The van der Waals surface area contributed by atoms with E-state index in [1.54, 1.807) is 24.7 Å². The van der Waals surface area contributed by atoms with Crippen molar-refractivity contribution in [3.05, 3.63) is 47.0 Å². The van der Waals surface area contributed by atoms with Crippen molar-refractivity contribution in [2.75, 3.05) is 6.61 Å². The Morgan fingerprint density at radius 1 is 1.47 bits per heavy atom. The molecule has 0 aliphatic carbocycles. The largest absolute Gasteiger partial charge is 0.493 e. The Kier molecular flexibility index (Phi) is 4.57. The molecule has 1 heterocycles. The molecule has 0 radical (unpaired) electrons. The van der Waals surface area contributed by atoms with Crippen LogP contribution in [0.1, 0.15) is 16.8 Å². The van der Waals surface area contributed by atoms with Crippen molar-refractivity contribution in [2.24, 2.45) is 0 Å². The van der Waals surface area contributed by atoms with Gasteiger partial charge in [-0.25, -0.2) is 9.78 Å². The lowest BCUT2D eigenvalue weighted by Gasteiger charge is -2.09. The number of carboxylic acid groups (broad SMARTS) is 1. The zero-order valence-corrected chi connectivity index (χ0v) is 11.7. The van der Waals surface area contributed by atoms with Crippen LogP contribution in [0.5, 0.6) is 5.75 Å². The van der Waals surface area contributed by atoms with Crippen LogP contribution in [0.15, 0.2) is 41.4 Å². The predicted octanol–water partition coefficient (Wildman–Crippen LogP) is 2.81. The van der Waals surface area contributed by atoms with E-state index in [0.717, 1.165) is 17.4 Å². The van der Waals surface area contributed by atoms with E-state index in [1.165, 1.54) is 6.07 Å². The molecule has 0 aliphatic heterocycles. The van der Waals surface area contributed by atoms with E-state index in [2.05, 4.69) is 20.9 Å². The molecule has 0 atom stereocenters. The van der Waals surface area contributed by atoms with E-state index >= 15 is 0 Å². The van der Waals surface area contributed by atoms with Gasteiger partial charge in [0.15, 0.2) is 0 Å². The molecule has 0 aliphatic rings. The summed E-state index contributed by atoms with van der Waals surface area (Å²) in [6.07, 6.45) is 6.12. The Morgan fingerprint density at radius 3 is 3.00 bits per heavy atom. The number of nitrogens with zero attached hydrogens (tertiary/aromatic N) is 2. The maximum Gasteiger partial charge on any atom is 0.339 e. The molecule has 19 heavy (non-hydrogen) atoms. The highest BCUT2D eigenvalue weighted by Crippen LogP contribution is 2.23. The first kappa shape index (κ1) is 13.6. The molecular formula is C13H13BrN2O3. The number of halogens is 1. The second-order valence-electron chi connectivity index (χ2n) is 3.95. The van der Waals surface area contributed by atoms with Crippen LogP contribution >= 0.6 is 15.9 Å². The molecule has 1 N–H and O–H groups in total. The van der Waals surface area contributed by atoms with Gasteiger partial charge in [0.1, 0.15) is 11.3 Å². The molecule has 5 nitrogen and oxygen atoms in total. The SMILES string of the molecule is O=C(O)c1cc(Br)ccc1OCCCn1ccnc1. The van der Waals surface area contributed by atoms with E-state index < -0.39 is 5.97 Å². The summed E-state index contributed by atoms with van der Waals surface area (Å²) in [5.74, 6) is -0.604. The first-order valence-electron chi connectivity index (χ1n) is 5.78. The minimum Gasteiger partial charge on any atom is -0.493 e. The average Bonchev–Trinajstić information content (AvgIpc) is 2.89. The molecule has 0 fully saturated rings. The van der Waals surface area contributed by atoms with Crippen LogP contribution in [-0.4, -0.2) is 27.2 Å². The molecule has 6 heteroatoms. The van der Waals surface area contributed by atoms with Crippen molar-refractivity contribution >= 4 is 21.9 Å². The Morgan fingerprint density at radius 2 is 2.32 bits per heavy atom. The number of carboxylic acids is 1. The van der Waals surface area contributed by atoms with E-state index in [1.807, 2.05) is 10.8 Å². The first-order valence-corrected chi connectivity index (χ1v) is 6.57. The van der Waals surface area contributed by atoms with Crippen molar-refractivity contribution in [2.45, 2.75) is 13.0 Å². The molecule has 0 amide bonds. The second kappa shape index (κ2) is 6.38. The topological polar surface area (TPSA) is 64.3 Å². The van der Waals surface area contributed by atoms with Crippen molar-refractivity contribution in [1.82, 2.24) is 9.55 Å². The summed E-state index contributed by atoms with van der Waals surface area (Å²) < 4.78 is 8.18. The number of aryl methyl sites for hydroxylation is 1. The van der Waals surface area contributed by atoms with Crippen LogP contribution < -0.4 is 4.74 Å². The molecular weight excluding hydrogens is 312 g/mol. The summed E-state index contributed by atoms with van der Waals surface area (Å²) >= 11 is 3.24. The minimum atomic E-state index is -0.995. The number of carbonyl (C=O) groups is 1. The van der Waals surface area contributed by atoms with Gasteiger partial charge in [-0.1, -0.05) is 15.9 Å². The fraction of sp³-hybridized carbons (Fsp3) is 0.231. The maximum atomic E-state index is 11.1. The molecule has 0 bridgehead atoms. The van der Waals surface area contributed by atoms with Crippen molar-refractivity contribution < 1.29 is 14.6 Å². The zero-order valence-electron chi connectivity index (χ0n) is 10.1. The third-order valence-electron chi connectivity index (χ3n) is 2.55. The highest BCUT2D eigenvalue weighted by Gasteiger charge is 2.11. The third-order valence-corrected chi connectivity index (χ3v) is 3.04. The minimum absolute atomic E-state index is 0.164. The number of benzene rings is 1. The van der Waals surface area contributed by atoms with Crippen molar-refractivity contribution in [3.63, 3.8) is 0 Å². The molecule has 0 spiro atoms. The fourth-order valence-corrected chi connectivity index (χ4v) is 2.00. The first-order chi connectivity index (χ1) is 9.16. The number of aromatic nitrogens is 2. The van der Waals surface area contributed by atoms with Gasteiger partial charge in [-0.3, -0.25) is 0 Å². The predicted molar refractivity (Wildman–Crippen MR) is 73.4 cm³/mol. The van der Waals surface area contributed by atoms with Crippen molar-refractivity contribution in [3.8, 4) is 5.75 Å². The number of hydrogen-bond donors (Lipinski definition) is 1. The van der Waals surface area contributed by atoms with Gasteiger partial charge < -0.3 is 14.4 Å². The molecule has 100 valence electrons. The smallest absolute Gasteiger partial charge is 0.339 e. The van der Waals surface area contributed by atoms with E-state index in [0.29, 0.717) is 12.4 Å². The fourth-order valence-electron chi connectivity index (χ4n) is 1.64. The molecule has 2 rings (SSSR count). The van der Waals surface area contributed by atoms with Crippen molar-refractivity contribution in [1.29, 1.82) is 0 Å². The van der Waals surface area contributed by atoms with Crippen LogP contribution in [-0.2, 0) is 6.54 Å². The van der Waals surface area contributed by atoms with E-state index in [9.17, 15) is 4.79 Å². The second-order valence-corrected chi connectivity index (χ2v) is 4.86. The van der Waals surface area contributed by atoms with E-state index in [4.69, 9.17) is 9.84 Å². The highest BCUT2D eigenvalue weighted by atomic mass is 79.9. The van der Waals surface area contributed by atoms with Gasteiger partial charge >= 0.3 is 5.97 Å². The molecule has 0 saturated carbocycles. The lowest BCUT2D eigenvalue weighted by atomic mass is 10.2. The number of rotatable bonds is 6. The normalized spacial score (nSPS) is 10.4. The zero-order chi connectivity index (χ0) is 13.7.